The first-order valence-corrected chi connectivity index (χ1v) is 12.2. The van der Waals surface area contributed by atoms with Gasteiger partial charge in [-0.3, -0.25) is 19.3 Å². The molecule has 0 aromatic heterocycles. The Morgan fingerprint density at radius 2 is 1.75 bits per heavy atom. The smallest absolute Gasteiger partial charge is 0.293 e. The molecule has 36 heavy (non-hydrogen) atoms. The molecule has 0 aliphatic carbocycles. The molecule has 3 aromatic rings. The maximum atomic E-state index is 12.9. The van der Waals surface area contributed by atoms with Crippen molar-refractivity contribution < 1.29 is 23.9 Å². The van der Waals surface area contributed by atoms with Crippen molar-refractivity contribution in [2.45, 2.75) is 6.54 Å². The van der Waals surface area contributed by atoms with Crippen molar-refractivity contribution in [2.24, 2.45) is 0 Å². The standard InChI is InChI=1S/C26H20Cl2N2O5S/c1-34-21-9-7-17(13-22(21)35-2)24(31)29-18-5-3-4-15(10-18)12-23-25(32)30(26(33)36-23)14-16-6-8-19(27)20(28)11-16/h3-13H,14H2,1-2H3,(H,29,31). The van der Waals surface area contributed by atoms with Crippen LogP contribution in [0.15, 0.2) is 65.6 Å². The second-order valence-electron chi connectivity index (χ2n) is 7.67. The van der Waals surface area contributed by atoms with Crippen molar-refractivity contribution in [1.82, 2.24) is 4.90 Å². The fourth-order valence-corrected chi connectivity index (χ4v) is 4.65. The highest BCUT2D eigenvalue weighted by Crippen LogP contribution is 2.34. The van der Waals surface area contributed by atoms with E-state index in [-0.39, 0.29) is 22.6 Å². The second-order valence-corrected chi connectivity index (χ2v) is 9.47. The second kappa shape index (κ2) is 11.1. The van der Waals surface area contributed by atoms with Crippen molar-refractivity contribution in [3.8, 4) is 11.5 Å². The van der Waals surface area contributed by atoms with E-state index in [4.69, 9.17) is 32.7 Å². The fraction of sp³-hybridized carbons (Fsp3) is 0.115. The van der Waals surface area contributed by atoms with E-state index < -0.39 is 5.91 Å². The molecule has 1 heterocycles. The number of benzene rings is 3. The highest BCUT2D eigenvalue weighted by Gasteiger charge is 2.35. The SMILES string of the molecule is COc1ccc(C(=O)Nc2cccc(C=C3SC(=O)N(Cc4ccc(Cl)c(Cl)c4)C3=O)c2)cc1OC. The number of methoxy groups -OCH3 is 2. The van der Waals surface area contributed by atoms with E-state index in [1.54, 1.807) is 66.7 Å². The average molecular weight is 543 g/mol. The lowest BCUT2D eigenvalue weighted by Gasteiger charge is -2.13. The van der Waals surface area contributed by atoms with Crippen molar-refractivity contribution in [2.75, 3.05) is 19.5 Å². The minimum absolute atomic E-state index is 0.0836. The Kier molecular flexibility index (Phi) is 7.88. The molecule has 0 unspecified atom stereocenters. The fourth-order valence-electron chi connectivity index (χ4n) is 3.50. The average Bonchev–Trinajstić information content (AvgIpc) is 3.13. The van der Waals surface area contributed by atoms with E-state index in [9.17, 15) is 14.4 Å². The molecule has 1 saturated heterocycles. The van der Waals surface area contributed by atoms with Gasteiger partial charge in [-0.05, 0) is 71.4 Å². The molecular weight excluding hydrogens is 523 g/mol. The molecule has 3 amide bonds. The molecule has 0 radical (unpaired) electrons. The molecule has 1 aliphatic rings. The van der Waals surface area contributed by atoms with Crippen LogP contribution in [0.25, 0.3) is 6.08 Å². The summed E-state index contributed by atoms with van der Waals surface area (Å²) in [7, 11) is 3.01. The van der Waals surface area contributed by atoms with E-state index in [1.165, 1.54) is 14.2 Å². The van der Waals surface area contributed by atoms with E-state index in [1.807, 2.05) is 0 Å². The lowest BCUT2D eigenvalue weighted by molar-refractivity contribution is -0.123. The molecule has 7 nitrogen and oxygen atoms in total. The number of anilines is 1. The van der Waals surface area contributed by atoms with Crippen molar-refractivity contribution >= 4 is 63.8 Å². The monoisotopic (exact) mass is 542 g/mol. The number of thioether (sulfide) groups is 1. The van der Waals surface area contributed by atoms with Gasteiger partial charge in [-0.1, -0.05) is 41.4 Å². The van der Waals surface area contributed by atoms with Gasteiger partial charge in [0.25, 0.3) is 17.1 Å². The molecule has 10 heteroatoms. The zero-order valence-corrected chi connectivity index (χ0v) is 21.5. The Morgan fingerprint density at radius 3 is 2.47 bits per heavy atom. The molecule has 0 bridgehead atoms. The summed E-state index contributed by atoms with van der Waals surface area (Å²) in [6, 6.07) is 16.8. The van der Waals surface area contributed by atoms with Crippen molar-refractivity contribution in [1.29, 1.82) is 0 Å². The number of halogens is 2. The highest BCUT2D eigenvalue weighted by atomic mass is 35.5. The number of nitrogens with zero attached hydrogens (tertiary/aromatic N) is 1. The molecule has 4 rings (SSSR count). The largest absolute Gasteiger partial charge is 0.493 e. The molecule has 0 atom stereocenters. The van der Waals surface area contributed by atoms with Gasteiger partial charge in [-0.15, -0.1) is 0 Å². The number of amides is 3. The Labute approximate surface area is 222 Å². The van der Waals surface area contributed by atoms with Gasteiger partial charge in [0.2, 0.25) is 0 Å². The van der Waals surface area contributed by atoms with E-state index >= 15 is 0 Å². The van der Waals surface area contributed by atoms with Gasteiger partial charge in [0.05, 0.1) is 35.7 Å². The molecule has 184 valence electrons. The Morgan fingerprint density at radius 1 is 0.972 bits per heavy atom. The van der Waals surface area contributed by atoms with Crippen LogP contribution in [0.2, 0.25) is 10.0 Å². The Balaban J connectivity index is 1.49. The van der Waals surface area contributed by atoms with Gasteiger partial charge in [0.15, 0.2) is 11.5 Å². The number of hydrogen-bond donors (Lipinski definition) is 1. The topological polar surface area (TPSA) is 84.9 Å². The van der Waals surface area contributed by atoms with Gasteiger partial charge >= 0.3 is 0 Å². The summed E-state index contributed by atoms with van der Waals surface area (Å²) in [5.74, 6) is 0.213. The lowest BCUT2D eigenvalue weighted by Crippen LogP contribution is -2.27. The predicted octanol–water partition coefficient (Wildman–Crippen LogP) is 6.50. The summed E-state index contributed by atoms with van der Waals surface area (Å²) in [6.45, 7) is 0.0836. The third-order valence-electron chi connectivity index (χ3n) is 5.29. The summed E-state index contributed by atoms with van der Waals surface area (Å²) >= 11 is 12.8. The Hall–Kier alpha value is -3.46. The van der Waals surface area contributed by atoms with E-state index in [0.717, 1.165) is 16.7 Å². The number of nitrogens with one attached hydrogen (secondary N) is 1. The van der Waals surface area contributed by atoms with Crippen LogP contribution in [-0.2, 0) is 11.3 Å². The number of carbonyl (C=O) groups is 3. The quantitative estimate of drug-likeness (QED) is 0.343. The minimum atomic E-state index is -0.407. The number of imide groups is 1. The maximum Gasteiger partial charge on any atom is 0.293 e. The zero-order chi connectivity index (χ0) is 25.8. The molecule has 1 fully saturated rings. The van der Waals surface area contributed by atoms with Crippen LogP contribution in [0.4, 0.5) is 10.5 Å². The van der Waals surface area contributed by atoms with Crippen LogP contribution >= 0.6 is 35.0 Å². The molecule has 1 N–H and O–H groups in total. The van der Waals surface area contributed by atoms with Crippen LogP contribution < -0.4 is 14.8 Å². The third-order valence-corrected chi connectivity index (χ3v) is 6.93. The molecule has 1 aliphatic heterocycles. The predicted molar refractivity (Wildman–Crippen MR) is 142 cm³/mol. The minimum Gasteiger partial charge on any atom is -0.493 e. The van der Waals surface area contributed by atoms with Gasteiger partial charge in [0, 0.05) is 11.3 Å². The first-order chi connectivity index (χ1) is 17.3. The van der Waals surface area contributed by atoms with Crippen LogP contribution in [0.3, 0.4) is 0 Å². The van der Waals surface area contributed by atoms with Crippen LogP contribution in [0.1, 0.15) is 21.5 Å². The lowest BCUT2D eigenvalue weighted by atomic mass is 10.1. The molecule has 3 aromatic carbocycles. The normalized spacial score (nSPS) is 14.3. The number of ether oxygens (including phenoxy) is 2. The first kappa shape index (κ1) is 25.6. The summed E-state index contributed by atoms with van der Waals surface area (Å²) < 4.78 is 10.5. The third kappa shape index (κ3) is 5.67. The zero-order valence-electron chi connectivity index (χ0n) is 19.2. The van der Waals surface area contributed by atoms with Crippen LogP contribution in [-0.4, -0.2) is 36.2 Å². The van der Waals surface area contributed by atoms with Gasteiger partial charge in [-0.2, -0.15) is 0 Å². The van der Waals surface area contributed by atoms with Crippen LogP contribution in [0, 0.1) is 0 Å². The molecular formula is C26H20Cl2N2O5S. The van der Waals surface area contributed by atoms with Crippen molar-refractivity contribution in [3.05, 3.63) is 92.3 Å². The number of rotatable bonds is 7. The van der Waals surface area contributed by atoms with E-state index in [2.05, 4.69) is 5.32 Å². The Bertz CT molecular complexity index is 1390. The van der Waals surface area contributed by atoms with Gasteiger partial charge < -0.3 is 14.8 Å². The van der Waals surface area contributed by atoms with E-state index in [0.29, 0.717) is 43.9 Å². The van der Waals surface area contributed by atoms with Gasteiger partial charge in [0.1, 0.15) is 0 Å². The highest BCUT2D eigenvalue weighted by molar-refractivity contribution is 8.18. The summed E-state index contributed by atoms with van der Waals surface area (Å²) in [4.78, 5) is 39.6. The first-order valence-electron chi connectivity index (χ1n) is 10.6. The molecule has 0 spiro atoms. The summed E-state index contributed by atoms with van der Waals surface area (Å²) in [5, 5.41) is 3.19. The summed E-state index contributed by atoms with van der Waals surface area (Å²) in [6.07, 6.45) is 1.62. The van der Waals surface area contributed by atoms with Crippen molar-refractivity contribution in [3.63, 3.8) is 0 Å². The maximum absolute atomic E-state index is 12.9. The summed E-state index contributed by atoms with van der Waals surface area (Å²) in [5.41, 5.74) is 2.26. The van der Waals surface area contributed by atoms with Crippen LogP contribution in [0.5, 0.6) is 11.5 Å². The number of carbonyl (C=O) groups excluding carboxylic acids is 3. The van der Waals surface area contributed by atoms with Gasteiger partial charge in [-0.25, -0.2) is 0 Å². The molecule has 0 saturated carbocycles. The number of hydrogen-bond acceptors (Lipinski definition) is 6.